The third-order valence-corrected chi connectivity index (χ3v) is 3.63. The van der Waals surface area contributed by atoms with Crippen LogP contribution in [-0.4, -0.2) is 54.1 Å². The summed E-state index contributed by atoms with van der Waals surface area (Å²) in [5.74, 6) is -0.832. The minimum Gasteiger partial charge on any atom is -0.481 e. The van der Waals surface area contributed by atoms with Crippen molar-refractivity contribution >= 4 is 11.9 Å². The van der Waals surface area contributed by atoms with E-state index in [1.54, 1.807) is 0 Å². The lowest BCUT2D eigenvalue weighted by molar-refractivity contribution is -0.138. The fourth-order valence-corrected chi connectivity index (χ4v) is 2.24. The molecule has 0 spiro atoms. The summed E-state index contributed by atoms with van der Waals surface area (Å²) in [7, 11) is 0. The second kappa shape index (κ2) is 8.12. The third kappa shape index (κ3) is 6.54. The smallest absolute Gasteiger partial charge is 0.303 e. The molecule has 110 valence electrons. The van der Waals surface area contributed by atoms with E-state index in [0.29, 0.717) is 13.1 Å². The molecule has 0 bridgehead atoms. The number of likely N-dealkylation sites (tertiary alicyclic amines) is 1. The first-order valence-corrected chi connectivity index (χ1v) is 6.97. The molecule has 1 rings (SSSR count). The van der Waals surface area contributed by atoms with Crippen LogP contribution in [0, 0.1) is 5.92 Å². The van der Waals surface area contributed by atoms with Gasteiger partial charge < -0.3 is 16.2 Å². The lowest BCUT2D eigenvalue weighted by Crippen LogP contribution is -2.45. The van der Waals surface area contributed by atoms with Gasteiger partial charge in [-0.25, -0.2) is 0 Å². The minimum absolute atomic E-state index is 0.0104. The highest BCUT2D eigenvalue weighted by Crippen LogP contribution is 2.08. The Balaban J connectivity index is 2.21. The summed E-state index contributed by atoms with van der Waals surface area (Å²) >= 11 is 0. The van der Waals surface area contributed by atoms with Crippen LogP contribution in [-0.2, 0) is 9.59 Å². The molecule has 0 aromatic heterocycles. The maximum absolute atomic E-state index is 11.8. The van der Waals surface area contributed by atoms with Crippen LogP contribution in [0.2, 0.25) is 0 Å². The van der Waals surface area contributed by atoms with Crippen molar-refractivity contribution in [2.75, 3.05) is 26.2 Å². The number of amides is 1. The zero-order chi connectivity index (χ0) is 14.3. The highest BCUT2D eigenvalue weighted by molar-refractivity contribution is 5.78. The number of nitrogens with one attached hydrogen (secondary N) is 1. The number of hydrogen-bond donors (Lipinski definition) is 3. The molecule has 1 heterocycles. The van der Waals surface area contributed by atoms with Gasteiger partial charge in [0.15, 0.2) is 0 Å². The molecule has 1 fully saturated rings. The molecule has 19 heavy (non-hydrogen) atoms. The lowest BCUT2D eigenvalue weighted by atomic mass is 10.0. The zero-order valence-electron chi connectivity index (χ0n) is 11.6. The van der Waals surface area contributed by atoms with Gasteiger partial charge in [0.2, 0.25) is 5.91 Å². The minimum atomic E-state index is -0.814. The summed E-state index contributed by atoms with van der Waals surface area (Å²) in [5, 5.41) is 11.6. The van der Waals surface area contributed by atoms with Gasteiger partial charge in [0.05, 0.1) is 6.54 Å². The van der Waals surface area contributed by atoms with Crippen LogP contribution in [0.15, 0.2) is 0 Å². The first-order chi connectivity index (χ1) is 9.01. The van der Waals surface area contributed by atoms with Gasteiger partial charge in [0, 0.05) is 32.1 Å². The number of aliphatic carboxylic acids is 1. The van der Waals surface area contributed by atoms with Crippen molar-refractivity contribution in [1.29, 1.82) is 0 Å². The average molecular weight is 271 g/mol. The Morgan fingerprint density at radius 1 is 1.42 bits per heavy atom. The molecule has 0 aliphatic carbocycles. The number of piperidine rings is 1. The molecule has 1 aliphatic rings. The third-order valence-electron chi connectivity index (χ3n) is 3.63. The van der Waals surface area contributed by atoms with E-state index in [4.69, 9.17) is 10.8 Å². The number of carboxylic acids is 1. The average Bonchev–Trinajstić information content (AvgIpc) is 2.37. The van der Waals surface area contributed by atoms with Gasteiger partial charge in [-0.15, -0.1) is 0 Å². The van der Waals surface area contributed by atoms with E-state index >= 15 is 0 Å². The first-order valence-electron chi connectivity index (χ1n) is 6.97. The van der Waals surface area contributed by atoms with Crippen molar-refractivity contribution in [1.82, 2.24) is 10.2 Å². The van der Waals surface area contributed by atoms with E-state index in [2.05, 4.69) is 10.2 Å². The van der Waals surface area contributed by atoms with Crippen molar-refractivity contribution in [2.24, 2.45) is 11.7 Å². The molecule has 4 N–H and O–H groups in total. The SMILES string of the molecule is CCC(CNC(=O)CN1CCC(N)CC1)CC(=O)O. The molecular formula is C13H25N3O3. The highest BCUT2D eigenvalue weighted by Gasteiger charge is 2.19. The summed E-state index contributed by atoms with van der Waals surface area (Å²) in [6, 6.07) is 0.263. The van der Waals surface area contributed by atoms with Gasteiger partial charge in [-0.1, -0.05) is 13.3 Å². The highest BCUT2D eigenvalue weighted by atomic mass is 16.4. The van der Waals surface area contributed by atoms with E-state index < -0.39 is 5.97 Å². The lowest BCUT2D eigenvalue weighted by Gasteiger charge is -2.29. The molecule has 0 saturated carbocycles. The molecule has 0 aromatic rings. The molecular weight excluding hydrogens is 246 g/mol. The topological polar surface area (TPSA) is 95.7 Å². The molecule has 1 atom stereocenters. The van der Waals surface area contributed by atoms with Crippen LogP contribution in [0.3, 0.4) is 0 Å². The Kier molecular flexibility index (Phi) is 6.80. The predicted octanol–water partition coefficient (Wildman–Crippen LogP) is 0.0266. The zero-order valence-corrected chi connectivity index (χ0v) is 11.6. The summed E-state index contributed by atoms with van der Waals surface area (Å²) in [4.78, 5) is 24.5. The van der Waals surface area contributed by atoms with Crippen LogP contribution < -0.4 is 11.1 Å². The Bertz CT molecular complexity index is 302. The number of carbonyl (C=O) groups excluding carboxylic acids is 1. The van der Waals surface area contributed by atoms with E-state index in [1.807, 2.05) is 6.92 Å². The molecule has 1 unspecified atom stereocenters. The van der Waals surface area contributed by atoms with Gasteiger partial charge in [-0.05, 0) is 18.8 Å². The Labute approximate surface area is 114 Å². The number of nitrogens with two attached hydrogens (primary N) is 1. The van der Waals surface area contributed by atoms with E-state index in [9.17, 15) is 9.59 Å². The first kappa shape index (κ1) is 15.9. The maximum atomic E-state index is 11.8. The Morgan fingerprint density at radius 2 is 2.05 bits per heavy atom. The molecule has 0 radical (unpaired) electrons. The van der Waals surface area contributed by atoms with Gasteiger partial charge in [0.25, 0.3) is 0 Å². The summed E-state index contributed by atoms with van der Waals surface area (Å²) < 4.78 is 0. The number of nitrogens with zero attached hydrogens (tertiary/aromatic N) is 1. The Morgan fingerprint density at radius 3 is 2.58 bits per heavy atom. The summed E-state index contributed by atoms with van der Waals surface area (Å²) in [6.07, 6.45) is 2.73. The fourth-order valence-electron chi connectivity index (χ4n) is 2.24. The van der Waals surface area contributed by atoms with Crippen LogP contribution in [0.4, 0.5) is 0 Å². The number of hydrogen-bond acceptors (Lipinski definition) is 4. The fraction of sp³-hybridized carbons (Fsp3) is 0.846. The summed E-state index contributed by atoms with van der Waals surface area (Å²) in [6.45, 7) is 4.48. The number of rotatable bonds is 7. The van der Waals surface area contributed by atoms with Gasteiger partial charge in [-0.3, -0.25) is 14.5 Å². The van der Waals surface area contributed by atoms with E-state index in [-0.39, 0.29) is 24.3 Å². The Hall–Kier alpha value is -1.14. The standard InChI is InChI=1S/C13H25N3O3/c1-2-10(7-13(18)19)8-15-12(17)9-16-5-3-11(14)4-6-16/h10-11H,2-9,14H2,1H3,(H,15,17)(H,18,19). The largest absolute Gasteiger partial charge is 0.481 e. The quantitative estimate of drug-likeness (QED) is 0.607. The van der Waals surface area contributed by atoms with Crippen molar-refractivity contribution in [3.05, 3.63) is 0 Å². The van der Waals surface area contributed by atoms with Gasteiger partial charge in [-0.2, -0.15) is 0 Å². The van der Waals surface area contributed by atoms with Gasteiger partial charge in [0.1, 0.15) is 0 Å². The van der Waals surface area contributed by atoms with Crippen molar-refractivity contribution in [3.8, 4) is 0 Å². The van der Waals surface area contributed by atoms with Crippen LogP contribution in [0.1, 0.15) is 32.6 Å². The second-order valence-corrected chi connectivity index (χ2v) is 5.29. The normalized spacial score (nSPS) is 19.1. The van der Waals surface area contributed by atoms with Gasteiger partial charge >= 0.3 is 5.97 Å². The van der Waals surface area contributed by atoms with Crippen LogP contribution in [0.25, 0.3) is 0 Å². The maximum Gasteiger partial charge on any atom is 0.303 e. The second-order valence-electron chi connectivity index (χ2n) is 5.29. The number of carboxylic acid groups (broad SMARTS) is 1. The van der Waals surface area contributed by atoms with E-state index in [0.717, 1.165) is 32.4 Å². The van der Waals surface area contributed by atoms with E-state index in [1.165, 1.54) is 0 Å². The molecule has 6 heteroatoms. The van der Waals surface area contributed by atoms with Crippen molar-refractivity contribution in [2.45, 2.75) is 38.6 Å². The van der Waals surface area contributed by atoms with Crippen LogP contribution >= 0.6 is 0 Å². The van der Waals surface area contributed by atoms with Crippen molar-refractivity contribution < 1.29 is 14.7 Å². The monoisotopic (exact) mass is 271 g/mol. The molecule has 6 nitrogen and oxygen atoms in total. The molecule has 1 aliphatic heterocycles. The van der Waals surface area contributed by atoms with Crippen molar-refractivity contribution in [3.63, 3.8) is 0 Å². The molecule has 0 aromatic carbocycles. The number of carbonyl (C=O) groups is 2. The summed E-state index contributed by atoms with van der Waals surface area (Å²) in [5.41, 5.74) is 5.81. The molecule has 1 amide bonds. The van der Waals surface area contributed by atoms with Crippen LogP contribution in [0.5, 0.6) is 0 Å². The predicted molar refractivity (Wildman–Crippen MR) is 72.7 cm³/mol. The molecule has 1 saturated heterocycles.